The molecule has 1 aliphatic rings. The third kappa shape index (κ3) is 9.20. The zero-order valence-electron chi connectivity index (χ0n) is 17.9. The van der Waals surface area contributed by atoms with Crippen LogP contribution in [0.25, 0.3) is 0 Å². The SMILES string of the molecule is CCC(C)NC(=O)CCNC(=NC)NCc1ccc(C)cc1OC1CCOC1.I. The van der Waals surface area contributed by atoms with E-state index in [1.807, 2.05) is 6.92 Å². The van der Waals surface area contributed by atoms with Gasteiger partial charge in [-0.3, -0.25) is 9.79 Å². The van der Waals surface area contributed by atoms with Gasteiger partial charge in [-0.05, 0) is 31.9 Å². The second-order valence-corrected chi connectivity index (χ2v) is 7.19. The molecule has 1 amide bonds. The Hall–Kier alpha value is -1.55. The lowest BCUT2D eigenvalue weighted by atomic mass is 10.1. The van der Waals surface area contributed by atoms with Crippen LogP contribution in [0.3, 0.4) is 0 Å². The summed E-state index contributed by atoms with van der Waals surface area (Å²) >= 11 is 0. The largest absolute Gasteiger partial charge is 0.488 e. The van der Waals surface area contributed by atoms with Gasteiger partial charge in [0.1, 0.15) is 11.9 Å². The van der Waals surface area contributed by atoms with Gasteiger partial charge in [0.05, 0.1) is 13.2 Å². The maximum Gasteiger partial charge on any atom is 0.221 e. The first kappa shape index (κ1) is 25.5. The summed E-state index contributed by atoms with van der Waals surface area (Å²) in [7, 11) is 1.72. The zero-order valence-corrected chi connectivity index (χ0v) is 20.2. The van der Waals surface area contributed by atoms with Crippen LogP contribution in [0.1, 0.15) is 44.2 Å². The number of aryl methyl sites for hydroxylation is 1. The number of rotatable bonds is 9. The molecule has 0 saturated carbocycles. The van der Waals surface area contributed by atoms with E-state index in [0.29, 0.717) is 32.1 Å². The van der Waals surface area contributed by atoms with Crippen molar-refractivity contribution in [3.63, 3.8) is 0 Å². The van der Waals surface area contributed by atoms with Gasteiger partial charge >= 0.3 is 0 Å². The van der Waals surface area contributed by atoms with E-state index in [9.17, 15) is 4.79 Å². The summed E-state index contributed by atoms with van der Waals surface area (Å²) in [6.45, 7) is 8.62. The fraction of sp³-hybridized carbons (Fsp3) is 0.619. The van der Waals surface area contributed by atoms with Gasteiger partial charge in [-0.25, -0.2) is 0 Å². The van der Waals surface area contributed by atoms with Gasteiger partial charge in [-0.1, -0.05) is 19.1 Å². The number of halogens is 1. The van der Waals surface area contributed by atoms with E-state index in [2.05, 4.69) is 53.0 Å². The van der Waals surface area contributed by atoms with Gasteiger partial charge in [-0.2, -0.15) is 0 Å². The number of amides is 1. The Labute approximate surface area is 191 Å². The number of aliphatic imine (C=N–C) groups is 1. The Balaban J connectivity index is 0.00000420. The lowest BCUT2D eigenvalue weighted by Crippen LogP contribution is -2.40. The van der Waals surface area contributed by atoms with Crippen LogP contribution in [-0.4, -0.2) is 50.8 Å². The van der Waals surface area contributed by atoms with Crippen molar-refractivity contribution in [3.8, 4) is 5.75 Å². The van der Waals surface area contributed by atoms with Gasteiger partial charge in [0.2, 0.25) is 5.91 Å². The maximum atomic E-state index is 11.9. The number of nitrogens with zero attached hydrogens (tertiary/aromatic N) is 1. The number of hydrogen-bond donors (Lipinski definition) is 3. The summed E-state index contributed by atoms with van der Waals surface area (Å²) in [5, 5.41) is 9.44. The van der Waals surface area contributed by atoms with E-state index in [4.69, 9.17) is 9.47 Å². The van der Waals surface area contributed by atoms with E-state index in [1.54, 1.807) is 7.05 Å². The summed E-state index contributed by atoms with van der Waals surface area (Å²) in [6, 6.07) is 6.41. The number of carbonyl (C=O) groups is 1. The molecule has 1 aromatic carbocycles. The minimum Gasteiger partial charge on any atom is -0.488 e. The predicted molar refractivity (Wildman–Crippen MR) is 127 cm³/mol. The molecule has 3 N–H and O–H groups in total. The van der Waals surface area contributed by atoms with Crippen LogP contribution >= 0.6 is 24.0 Å². The van der Waals surface area contributed by atoms with Crippen molar-refractivity contribution in [2.75, 3.05) is 26.8 Å². The first-order chi connectivity index (χ1) is 13.5. The van der Waals surface area contributed by atoms with Crippen molar-refractivity contribution >= 4 is 35.8 Å². The molecule has 0 bridgehead atoms. The molecule has 29 heavy (non-hydrogen) atoms. The van der Waals surface area contributed by atoms with Crippen LogP contribution in [0.15, 0.2) is 23.2 Å². The minimum absolute atomic E-state index is 0. The fourth-order valence-electron chi connectivity index (χ4n) is 2.85. The molecule has 0 aromatic heterocycles. The van der Waals surface area contributed by atoms with Crippen LogP contribution in [0.5, 0.6) is 5.75 Å². The highest BCUT2D eigenvalue weighted by Gasteiger charge is 2.18. The van der Waals surface area contributed by atoms with Crippen molar-refractivity contribution in [3.05, 3.63) is 29.3 Å². The molecular formula is C21H35IN4O3. The fourth-order valence-corrected chi connectivity index (χ4v) is 2.85. The van der Waals surface area contributed by atoms with E-state index in [0.717, 1.165) is 36.3 Å². The number of ether oxygens (including phenoxy) is 2. The Bertz CT molecular complexity index is 663. The smallest absolute Gasteiger partial charge is 0.221 e. The van der Waals surface area contributed by atoms with Gasteiger partial charge < -0.3 is 25.4 Å². The summed E-state index contributed by atoms with van der Waals surface area (Å²) in [5.74, 6) is 1.59. The molecule has 1 saturated heterocycles. The number of nitrogens with one attached hydrogen (secondary N) is 3. The molecule has 2 rings (SSSR count). The Morgan fingerprint density at radius 2 is 2.17 bits per heavy atom. The van der Waals surface area contributed by atoms with E-state index >= 15 is 0 Å². The highest BCUT2D eigenvalue weighted by atomic mass is 127. The second-order valence-electron chi connectivity index (χ2n) is 7.19. The van der Waals surface area contributed by atoms with Gasteiger partial charge in [0, 0.05) is 44.6 Å². The van der Waals surface area contributed by atoms with Gasteiger partial charge in [0.15, 0.2) is 5.96 Å². The van der Waals surface area contributed by atoms with Crippen LogP contribution < -0.4 is 20.7 Å². The predicted octanol–water partition coefficient (Wildman–Crippen LogP) is 2.75. The molecule has 1 heterocycles. The third-order valence-corrected chi connectivity index (χ3v) is 4.74. The zero-order chi connectivity index (χ0) is 20.4. The highest BCUT2D eigenvalue weighted by molar-refractivity contribution is 14.0. The molecule has 1 aliphatic heterocycles. The van der Waals surface area contributed by atoms with E-state index < -0.39 is 0 Å². The molecule has 0 radical (unpaired) electrons. The van der Waals surface area contributed by atoms with Crippen LogP contribution in [0.4, 0.5) is 0 Å². The van der Waals surface area contributed by atoms with E-state index in [-0.39, 0.29) is 42.0 Å². The molecule has 0 spiro atoms. The van der Waals surface area contributed by atoms with E-state index in [1.165, 1.54) is 0 Å². The Morgan fingerprint density at radius 3 is 2.83 bits per heavy atom. The van der Waals surface area contributed by atoms with Crippen molar-refractivity contribution < 1.29 is 14.3 Å². The topological polar surface area (TPSA) is 84.0 Å². The first-order valence-corrected chi connectivity index (χ1v) is 10.1. The molecule has 2 unspecified atom stereocenters. The summed E-state index contributed by atoms with van der Waals surface area (Å²) in [5.41, 5.74) is 2.22. The molecular weight excluding hydrogens is 483 g/mol. The van der Waals surface area contributed by atoms with Crippen molar-refractivity contribution in [1.82, 2.24) is 16.0 Å². The third-order valence-electron chi connectivity index (χ3n) is 4.74. The molecule has 164 valence electrons. The van der Waals surface area contributed by atoms with Gasteiger partial charge in [-0.15, -0.1) is 24.0 Å². The minimum atomic E-state index is 0. The average molecular weight is 518 g/mol. The number of guanidine groups is 1. The Kier molecular flexibility index (Phi) is 12.0. The molecule has 8 heteroatoms. The van der Waals surface area contributed by atoms with Crippen LogP contribution in [0, 0.1) is 6.92 Å². The summed E-state index contributed by atoms with van der Waals surface area (Å²) < 4.78 is 11.5. The average Bonchev–Trinajstić information content (AvgIpc) is 3.18. The molecule has 0 aliphatic carbocycles. The standard InChI is InChI=1S/C21H34N4O3.HI/c1-5-16(3)25-20(26)8-10-23-21(22-4)24-13-17-7-6-15(2)12-19(17)28-18-9-11-27-14-18;/h6-7,12,16,18H,5,8-11,13-14H2,1-4H3,(H,25,26)(H2,22,23,24);1H. The van der Waals surface area contributed by atoms with Gasteiger partial charge in [0.25, 0.3) is 0 Å². The molecule has 1 aromatic rings. The molecule has 2 atom stereocenters. The van der Waals surface area contributed by atoms with Crippen LogP contribution in [0.2, 0.25) is 0 Å². The van der Waals surface area contributed by atoms with Crippen LogP contribution in [-0.2, 0) is 16.1 Å². The Morgan fingerprint density at radius 1 is 1.38 bits per heavy atom. The normalized spacial score (nSPS) is 17.2. The first-order valence-electron chi connectivity index (χ1n) is 10.1. The molecule has 1 fully saturated rings. The maximum absolute atomic E-state index is 11.9. The number of carbonyl (C=O) groups excluding carboxylic acids is 1. The highest BCUT2D eigenvalue weighted by Crippen LogP contribution is 2.23. The summed E-state index contributed by atoms with van der Waals surface area (Å²) in [4.78, 5) is 16.1. The lowest BCUT2D eigenvalue weighted by molar-refractivity contribution is -0.121. The van der Waals surface area contributed by atoms with Crippen molar-refractivity contribution in [1.29, 1.82) is 0 Å². The number of hydrogen-bond acceptors (Lipinski definition) is 4. The lowest BCUT2D eigenvalue weighted by Gasteiger charge is -2.18. The monoisotopic (exact) mass is 518 g/mol. The van der Waals surface area contributed by atoms with Crippen molar-refractivity contribution in [2.45, 2.75) is 58.7 Å². The second kappa shape index (κ2) is 13.6. The number of benzene rings is 1. The van der Waals surface area contributed by atoms with Crippen molar-refractivity contribution in [2.24, 2.45) is 4.99 Å². The summed E-state index contributed by atoms with van der Waals surface area (Å²) in [6.07, 6.45) is 2.37. The quantitative estimate of drug-likeness (QED) is 0.266. The molecule has 7 nitrogen and oxygen atoms in total.